The Balaban J connectivity index is 0.000000441. The van der Waals surface area contributed by atoms with Gasteiger partial charge in [-0.2, -0.15) is 0 Å². The molecule has 0 atom stereocenters. The topological polar surface area (TPSA) is 95.0 Å². The van der Waals surface area contributed by atoms with Gasteiger partial charge in [0, 0.05) is 95.2 Å². The van der Waals surface area contributed by atoms with Crippen LogP contribution in [0.5, 0.6) is 0 Å². The van der Waals surface area contributed by atoms with Crippen LogP contribution in [0.3, 0.4) is 0 Å². The first-order valence-corrected chi connectivity index (χ1v) is 48.3. The van der Waals surface area contributed by atoms with Gasteiger partial charge in [0.2, 0.25) is 0 Å². The van der Waals surface area contributed by atoms with Crippen molar-refractivity contribution in [2.45, 2.75) is 143 Å². The number of hydrogen-bond donors (Lipinski definition) is 2. The Morgan fingerprint density at radius 1 is 0.254 bits per heavy atom. The fraction of sp³-hybridized carbons (Fsp3) is 0.472. The van der Waals surface area contributed by atoms with Gasteiger partial charge in [-0.15, -0.1) is 0 Å². The molecule has 7 aromatic rings. The predicted molar refractivity (Wildman–Crippen MR) is 409 cm³/mol. The Labute approximate surface area is 651 Å². The van der Waals surface area contributed by atoms with E-state index in [4.69, 9.17) is 27.8 Å². The van der Waals surface area contributed by atoms with Crippen LogP contribution in [-0.4, -0.2) is 95.8 Å². The molecule has 0 aliphatic carbocycles. The maximum Gasteiger partial charge on any atom is 0.173 e. The normalized spacial score (nSPS) is 15.3. The van der Waals surface area contributed by atoms with Gasteiger partial charge in [0.1, 0.15) is 0 Å². The Hall–Kier alpha value is -5.91. The number of anilines is 2. The predicted octanol–water partition coefficient (Wildman–Crippen LogP) is 27.2. The standard InChI is InChI=1S/C36H32N4.C36H72N2O6Si2.4F6P/c1-2-30-4-3-29(1)25-37-17-9-33(10-18-37)35-13-21-39(22-14-35)27-31-5-7-32(8-6-31)28-40-23-15-36(16-24-40)34-11-19-38(26-30)20-12-34;1-29(2)45(30(3)4,31(5)6)43-27-25-41-23-21-39-19-17-37-35-13-15-36(16-14-35)38-18-20-40-22-24-42-26-28-44-46(32(7)8,33(9)10)34(11)12;4*1-7(2,3,4,5)6/h1-24H,25-28H2;13-16,29-34,37-38H,17-28H2,1-12H3;;;;/q+4;;4*-1. The summed E-state index contributed by atoms with van der Waals surface area (Å²) >= 11 is 0. The molecule has 2 N–H and O–H groups in total. The molecule has 0 fully saturated rings. The fourth-order valence-corrected chi connectivity index (χ4v) is 23.7. The minimum Gasteiger partial charge on any atom is -0.201 e. The summed E-state index contributed by atoms with van der Waals surface area (Å²) in [7, 11) is -46.3. The molecule has 12 nitrogen and oxygen atoms in total. The quantitative estimate of drug-likeness (QED) is 0.0165. The van der Waals surface area contributed by atoms with E-state index in [1.807, 2.05) is 0 Å². The van der Waals surface area contributed by atoms with Crippen molar-refractivity contribution in [3.8, 4) is 22.3 Å². The monoisotopic (exact) mass is 1780 g/mol. The van der Waals surface area contributed by atoms with Gasteiger partial charge in [0.15, 0.2) is 92.4 Å². The van der Waals surface area contributed by atoms with Crippen molar-refractivity contribution in [1.82, 2.24) is 0 Å². The third-order valence-electron chi connectivity index (χ3n) is 17.1. The molecule has 16 aliphatic rings. The Morgan fingerprint density at radius 3 is 0.579 bits per heavy atom. The van der Waals surface area contributed by atoms with Gasteiger partial charge in [0.05, 0.1) is 66.1 Å². The van der Waals surface area contributed by atoms with Crippen LogP contribution in [0.2, 0.25) is 33.2 Å². The molecule has 4 aromatic heterocycles. The molecular formula is C72H104F24N6O6P4Si2. The van der Waals surface area contributed by atoms with Gasteiger partial charge in [-0.3, -0.25) is 0 Å². The summed E-state index contributed by atoms with van der Waals surface area (Å²) in [4.78, 5) is 0. The number of hydrogen-bond acceptors (Lipinski definition) is 8. The molecule has 12 bridgehead atoms. The van der Waals surface area contributed by atoms with E-state index in [0.29, 0.717) is 99.3 Å². The van der Waals surface area contributed by atoms with Crippen LogP contribution >= 0.6 is 31.2 Å². The third kappa shape index (κ3) is 50.7. The minimum absolute atomic E-state index is 0.588. The van der Waals surface area contributed by atoms with Crippen LogP contribution in [0.15, 0.2) is 171 Å². The van der Waals surface area contributed by atoms with Crippen LogP contribution in [-0.2, 0) is 54.0 Å². The summed E-state index contributed by atoms with van der Waals surface area (Å²) in [6.45, 7) is 38.9. The molecular weight excluding hydrogens is 1680 g/mol. The van der Waals surface area contributed by atoms with E-state index in [2.05, 4.69) is 283 Å². The van der Waals surface area contributed by atoms with E-state index >= 15 is 0 Å². The Bertz CT molecular complexity index is 3490. The number of rotatable bonds is 28. The number of pyridine rings is 4. The van der Waals surface area contributed by atoms with Crippen LogP contribution in [0.1, 0.15) is 105 Å². The molecule has 16 aliphatic heterocycles. The molecule has 0 saturated heterocycles. The van der Waals surface area contributed by atoms with Gasteiger partial charge in [-0.05, 0) is 79.8 Å². The summed E-state index contributed by atoms with van der Waals surface area (Å²) in [5, 5.41) is 6.81. The maximum atomic E-state index is 9.87. The van der Waals surface area contributed by atoms with E-state index in [1.54, 1.807) is 0 Å². The maximum absolute atomic E-state index is 10.7. The fourth-order valence-electron chi connectivity index (χ4n) is 12.8. The smallest absolute Gasteiger partial charge is 0.173 e. The molecule has 0 saturated carbocycles. The van der Waals surface area contributed by atoms with Crippen molar-refractivity contribution in [3.63, 3.8) is 0 Å². The van der Waals surface area contributed by atoms with E-state index < -0.39 is 47.9 Å². The van der Waals surface area contributed by atoms with Gasteiger partial charge in [-0.1, -0.05) is 132 Å². The van der Waals surface area contributed by atoms with Crippen molar-refractivity contribution in [1.29, 1.82) is 0 Å². The Morgan fingerprint density at radius 2 is 0.412 bits per heavy atom. The number of nitrogens with zero attached hydrogens (tertiary/aromatic N) is 4. The zero-order chi connectivity index (χ0) is 86.9. The largest absolute Gasteiger partial charge is 0.201 e. The molecule has 23 rings (SSSR count). The molecule has 114 heavy (non-hydrogen) atoms. The first kappa shape index (κ1) is 102. The zero-order valence-corrected chi connectivity index (χ0v) is 70.6. The van der Waals surface area contributed by atoms with Crippen LogP contribution in [0.25, 0.3) is 22.3 Å². The van der Waals surface area contributed by atoms with Crippen LogP contribution in [0, 0.1) is 0 Å². The third-order valence-corrected chi connectivity index (χ3v) is 29.3. The molecule has 0 amide bonds. The van der Waals surface area contributed by atoms with Crippen molar-refractivity contribution in [3.05, 3.63) is 193 Å². The first-order valence-electron chi connectivity index (χ1n) is 35.9. The van der Waals surface area contributed by atoms with Crippen molar-refractivity contribution < 1.29 is 147 Å². The average Bonchev–Trinajstić information content (AvgIpc) is 0.851. The molecule has 20 heterocycles. The average molecular weight is 1790 g/mol. The van der Waals surface area contributed by atoms with Gasteiger partial charge < -0.3 is 38.4 Å². The molecule has 0 radical (unpaired) electrons. The van der Waals surface area contributed by atoms with E-state index in [1.165, 1.54) is 44.5 Å². The number of ether oxygens (including phenoxy) is 4. The minimum atomic E-state index is -10.7. The molecule has 0 spiro atoms. The summed E-state index contributed by atoms with van der Waals surface area (Å²) in [5.74, 6) is 0. The number of halogens is 24. The van der Waals surface area contributed by atoms with Gasteiger partial charge >= 0.3 is 132 Å². The number of nitrogens with one attached hydrogen (secondary N) is 2. The molecule has 3 aromatic carbocycles. The number of aromatic nitrogens is 4. The van der Waals surface area contributed by atoms with E-state index in [9.17, 15) is 101 Å². The second-order valence-electron chi connectivity index (χ2n) is 28.7. The van der Waals surface area contributed by atoms with Crippen molar-refractivity contribution in [2.75, 3.05) is 89.8 Å². The van der Waals surface area contributed by atoms with E-state index in [-0.39, 0.29) is 0 Å². The molecule has 0 unspecified atom stereocenters. The summed E-state index contributed by atoms with van der Waals surface area (Å²) in [6.07, 6.45) is 17.4. The zero-order valence-electron chi connectivity index (χ0n) is 65.0. The summed E-state index contributed by atoms with van der Waals surface area (Å²) < 4.78 is 282. The second-order valence-corrected chi connectivity index (χ2v) is 47.3. The van der Waals surface area contributed by atoms with Crippen molar-refractivity contribution >= 4 is 59.2 Å². The first-order chi connectivity index (χ1) is 51.3. The van der Waals surface area contributed by atoms with Crippen LogP contribution < -0.4 is 28.9 Å². The van der Waals surface area contributed by atoms with Crippen LogP contribution in [0.4, 0.5) is 112 Å². The molecule has 654 valence electrons. The Kier molecular flexibility index (Phi) is 34.1. The number of benzene rings is 3. The van der Waals surface area contributed by atoms with Gasteiger partial charge in [-0.25, -0.2) is 18.3 Å². The van der Waals surface area contributed by atoms with E-state index in [0.717, 1.165) is 50.6 Å². The second kappa shape index (κ2) is 38.0. The summed E-state index contributed by atoms with van der Waals surface area (Å²) in [6, 6.07) is 43.8. The SMILES string of the molecule is CC(C)[Si](OCCOCCOCCNc1ccc(NCCOCCOCCO[Si](C(C)C)(C(C)C)C(C)C)cc1)(C(C)C)C(C)C.F[P-](F)(F)(F)(F)F.F[P-](F)(F)(F)(F)F.F[P-](F)(F)(F)(F)F.F[P-](F)(F)(F)(F)F.c1cc2ccc1C[n+]1ccc(cc1)-c1cc[n+](cc1)Cc1ccc(cc1)C[n+]1ccc(cc1)-c1cc[n+](cc1)C2. The van der Waals surface area contributed by atoms with Crippen molar-refractivity contribution in [2.24, 2.45) is 0 Å². The summed E-state index contributed by atoms with van der Waals surface area (Å²) in [5.41, 5.74) is 15.8. The van der Waals surface area contributed by atoms with Gasteiger partial charge in [0.25, 0.3) is 0 Å². The molecule has 42 heteroatoms.